The van der Waals surface area contributed by atoms with Gasteiger partial charge in [-0.2, -0.15) is 0 Å². The van der Waals surface area contributed by atoms with Gasteiger partial charge in [-0.1, -0.05) is 35.0 Å². The molecule has 2 aromatic heterocycles. The van der Waals surface area contributed by atoms with E-state index >= 15 is 0 Å². The standard InChI is InChI=1S/C21H21Cl2N3O3S/c1-27-15-8-16(28-2)19(23)17(18(15)22)13-7-12-9-24-21(30-3)26-20(12)14(25-13)6-11-4-5-29-10-11/h7-9,11H,4-6,10H2,1-3H3. The Morgan fingerprint density at radius 1 is 1.13 bits per heavy atom. The second-order valence-electron chi connectivity index (χ2n) is 6.97. The van der Waals surface area contributed by atoms with E-state index in [0.29, 0.717) is 43.9 Å². The smallest absolute Gasteiger partial charge is 0.187 e. The highest BCUT2D eigenvalue weighted by atomic mass is 35.5. The molecule has 1 aliphatic heterocycles. The molecular weight excluding hydrogens is 445 g/mol. The van der Waals surface area contributed by atoms with Gasteiger partial charge in [-0.15, -0.1) is 0 Å². The van der Waals surface area contributed by atoms with Crippen LogP contribution in [0.25, 0.3) is 22.2 Å². The van der Waals surface area contributed by atoms with Crippen molar-refractivity contribution in [2.24, 2.45) is 5.92 Å². The molecule has 0 N–H and O–H groups in total. The maximum atomic E-state index is 6.64. The summed E-state index contributed by atoms with van der Waals surface area (Å²) in [6, 6.07) is 3.57. The van der Waals surface area contributed by atoms with Crippen LogP contribution in [0.2, 0.25) is 10.0 Å². The van der Waals surface area contributed by atoms with Gasteiger partial charge in [-0.3, -0.25) is 4.98 Å². The van der Waals surface area contributed by atoms with Gasteiger partial charge in [0, 0.05) is 36.4 Å². The lowest BCUT2D eigenvalue weighted by molar-refractivity contribution is 0.185. The second-order valence-corrected chi connectivity index (χ2v) is 8.50. The minimum Gasteiger partial charge on any atom is -0.495 e. The van der Waals surface area contributed by atoms with Gasteiger partial charge in [-0.25, -0.2) is 9.97 Å². The summed E-state index contributed by atoms with van der Waals surface area (Å²) in [5.41, 5.74) is 2.91. The number of halogens is 2. The molecule has 158 valence electrons. The molecule has 9 heteroatoms. The van der Waals surface area contributed by atoms with Crippen molar-refractivity contribution in [3.8, 4) is 22.8 Å². The summed E-state index contributed by atoms with van der Waals surface area (Å²) >= 11 is 14.8. The normalized spacial score (nSPS) is 16.2. The van der Waals surface area contributed by atoms with E-state index in [1.54, 1.807) is 20.3 Å². The highest BCUT2D eigenvalue weighted by Crippen LogP contribution is 2.46. The minimum absolute atomic E-state index is 0.381. The summed E-state index contributed by atoms with van der Waals surface area (Å²) in [4.78, 5) is 14.1. The summed E-state index contributed by atoms with van der Waals surface area (Å²) in [5.74, 6) is 1.33. The van der Waals surface area contributed by atoms with Gasteiger partial charge >= 0.3 is 0 Å². The van der Waals surface area contributed by atoms with E-state index in [4.69, 9.17) is 47.4 Å². The molecule has 0 aliphatic carbocycles. The molecule has 1 saturated heterocycles. The van der Waals surface area contributed by atoms with E-state index in [9.17, 15) is 0 Å². The molecule has 1 aliphatic rings. The SMILES string of the molecule is COc1cc(OC)c(Cl)c(-c2cc3cnc(SC)nc3c(CC3CCOC3)n2)c1Cl. The maximum Gasteiger partial charge on any atom is 0.187 e. The van der Waals surface area contributed by atoms with E-state index in [1.165, 1.54) is 11.8 Å². The highest BCUT2D eigenvalue weighted by Gasteiger charge is 2.23. The van der Waals surface area contributed by atoms with Gasteiger partial charge in [0.2, 0.25) is 0 Å². The quantitative estimate of drug-likeness (QED) is 0.360. The molecule has 1 unspecified atom stereocenters. The van der Waals surface area contributed by atoms with Gasteiger partial charge in [0.1, 0.15) is 11.5 Å². The Morgan fingerprint density at radius 3 is 2.47 bits per heavy atom. The minimum atomic E-state index is 0.381. The van der Waals surface area contributed by atoms with Crippen LogP contribution in [0.4, 0.5) is 0 Å². The fourth-order valence-electron chi connectivity index (χ4n) is 3.59. The highest BCUT2D eigenvalue weighted by molar-refractivity contribution is 7.98. The Balaban J connectivity index is 1.94. The number of thioether (sulfide) groups is 1. The van der Waals surface area contributed by atoms with Crippen molar-refractivity contribution >= 4 is 45.9 Å². The number of hydrogen-bond acceptors (Lipinski definition) is 7. The van der Waals surface area contributed by atoms with Gasteiger partial charge in [0.25, 0.3) is 0 Å². The Labute approximate surface area is 189 Å². The number of benzene rings is 1. The molecule has 0 spiro atoms. The lowest BCUT2D eigenvalue weighted by atomic mass is 9.99. The van der Waals surface area contributed by atoms with Crippen LogP contribution >= 0.6 is 35.0 Å². The molecule has 30 heavy (non-hydrogen) atoms. The van der Waals surface area contributed by atoms with Crippen LogP contribution in [0.15, 0.2) is 23.5 Å². The molecule has 3 heterocycles. The van der Waals surface area contributed by atoms with Crippen LogP contribution in [0.3, 0.4) is 0 Å². The lowest BCUT2D eigenvalue weighted by Crippen LogP contribution is -2.08. The molecule has 1 aromatic carbocycles. The van der Waals surface area contributed by atoms with Crippen LogP contribution < -0.4 is 9.47 Å². The zero-order valence-electron chi connectivity index (χ0n) is 16.9. The molecule has 1 atom stereocenters. The maximum absolute atomic E-state index is 6.64. The molecule has 0 saturated carbocycles. The Kier molecular flexibility index (Phi) is 6.53. The third kappa shape index (κ3) is 4.04. The molecule has 3 aromatic rings. The molecule has 0 amide bonds. The number of aromatic nitrogens is 3. The summed E-state index contributed by atoms with van der Waals surface area (Å²) in [6.07, 6.45) is 5.52. The topological polar surface area (TPSA) is 66.4 Å². The van der Waals surface area contributed by atoms with Crippen molar-refractivity contribution < 1.29 is 14.2 Å². The molecular formula is C21H21Cl2N3O3S. The number of rotatable bonds is 6. The van der Waals surface area contributed by atoms with E-state index in [-0.39, 0.29) is 0 Å². The van der Waals surface area contributed by atoms with Crippen LogP contribution in [0.1, 0.15) is 12.1 Å². The number of nitrogens with zero attached hydrogens (tertiary/aromatic N) is 3. The summed E-state index contributed by atoms with van der Waals surface area (Å²) < 4.78 is 16.4. The average Bonchev–Trinajstić information content (AvgIpc) is 3.27. The van der Waals surface area contributed by atoms with Gasteiger partial charge < -0.3 is 14.2 Å². The number of ether oxygens (including phenoxy) is 3. The summed E-state index contributed by atoms with van der Waals surface area (Å²) in [5, 5.41) is 2.35. The number of methoxy groups -OCH3 is 2. The fraction of sp³-hybridized carbons (Fsp3) is 0.381. The van der Waals surface area contributed by atoms with Gasteiger partial charge in [0.05, 0.1) is 41.2 Å². The summed E-state index contributed by atoms with van der Waals surface area (Å²) in [6.45, 7) is 1.50. The van der Waals surface area contributed by atoms with E-state index in [0.717, 1.165) is 42.7 Å². The van der Waals surface area contributed by atoms with Crippen molar-refractivity contribution in [3.63, 3.8) is 0 Å². The third-order valence-electron chi connectivity index (χ3n) is 5.13. The van der Waals surface area contributed by atoms with Crippen molar-refractivity contribution in [2.75, 3.05) is 33.7 Å². The molecule has 0 bridgehead atoms. The largest absolute Gasteiger partial charge is 0.495 e. The lowest BCUT2D eigenvalue weighted by Gasteiger charge is -2.16. The first-order valence-electron chi connectivity index (χ1n) is 9.44. The first-order valence-corrected chi connectivity index (χ1v) is 11.4. The van der Waals surface area contributed by atoms with Crippen molar-refractivity contribution in [1.29, 1.82) is 0 Å². The van der Waals surface area contributed by atoms with E-state index in [1.807, 2.05) is 18.5 Å². The van der Waals surface area contributed by atoms with Crippen LogP contribution in [0.5, 0.6) is 11.5 Å². The zero-order valence-corrected chi connectivity index (χ0v) is 19.2. The van der Waals surface area contributed by atoms with Crippen molar-refractivity contribution in [3.05, 3.63) is 34.1 Å². The number of pyridine rings is 1. The second kappa shape index (κ2) is 9.14. The van der Waals surface area contributed by atoms with Crippen LogP contribution in [0, 0.1) is 5.92 Å². The summed E-state index contributed by atoms with van der Waals surface area (Å²) in [7, 11) is 3.10. The number of fused-ring (bicyclic) bond motifs is 1. The van der Waals surface area contributed by atoms with Crippen LogP contribution in [-0.4, -0.2) is 48.6 Å². The Morgan fingerprint density at radius 2 is 1.87 bits per heavy atom. The average molecular weight is 466 g/mol. The van der Waals surface area contributed by atoms with E-state index < -0.39 is 0 Å². The number of hydrogen-bond donors (Lipinski definition) is 0. The molecule has 1 fully saturated rings. The van der Waals surface area contributed by atoms with Gasteiger partial charge in [-0.05, 0) is 31.1 Å². The van der Waals surface area contributed by atoms with Gasteiger partial charge in [0.15, 0.2) is 5.16 Å². The Hall–Kier alpha value is -1.80. The Bertz CT molecular complexity index is 1060. The first-order chi connectivity index (χ1) is 14.5. The fourth-order valence-corrected chi connectivity index (χ4v) is 4.62. The first kappa shape index (κ1) is 21.4. The van der Waals surface area contributed by atoms with E-state index in [2.05, 4.69) is 4.98 Å². The molecule has 4 rings (SSSR count). The van der Waals surface area contributed by atoms with Crippen LogP contribution in [-0.2, 0) is 11.2 Å². The molecule has 0 radical (unpaired) electrons. The predicted molar refractivity (Wildman–Crippen MR) is 120 cm³/mol. The monoisotopic (exact) mass is 465 g/mol. The van der Waals surface area contributed by atoms with Crippen molar-refractivity contribution in [1.82, 2.24) is 15.0 Å². The third-order valence-corrected chi connectivity index (χ3v) is 6.45. The van der Waals surface area contributed by atoms with Crippen molar-refractivity contribution in [2.45, 2.75) is 18.0 Å². The molecule has 6 nitrogen and oxygen atoms in total. The zero-order chi connectivity index (χ0) is 21.3. The predicted octanol–water partition coefficient (Wildman–Crippen LogP) is 5.32.